The molecule has 2 aromatic rings. The molecule has 4 rings (SSSR count). The third kappa shape index (κ3) is 2.29. The molecule has 1 heterocycles. The van der Waals surface area contributed by atoms with Crippen LogP contribution in [0.15, 0.2) is 48.0 Å². The fourth-order valence-electron chi connectivity index (χ4n) is 3.51. The Labute approximate surface area is 140 Å². The molecule has 3 N–H and O–H groups in total. The molecule has 0 fully saturated rings. The highest BCUT2D eigenvalue weighted by molar-refractivity contribution is 5.91. The number of fused-ring (bicyclic) bond motifs is 2. The van der Waals surface area contributed by atoms with Gasteiger partial charge in [0.05, 0.1) is 18.8 Å². The molecule has 1 aliphatic heterocycles. The predicted octanol–water partition coefficient (Wildman–Crippen LogP) is 3.11. The lowest BCUT2D eigenvalue weighted by Gasteiger charge is -2.34. The van der Waals surface area contributed by atoms with Gasteiger partial charge < -0.3 is 20.5 Å². The van der Waals surface area contributed by atoms with Gasteiger partial charge in [0.1, 0.15) is 0 Å². The van der Waals surface area contributed by atoms with Crippen molar-refractivity contribution in [3.8, 4) is 11.5 Å². The van der Waals surface area contributed by atoms with Crippen LogP contribution >= 0.6 is 0 Å². The molecule has 1 atom stereocenters. The maximum atomic E-state index is 12.2. The lowest BCUT2D eigenvalue weighted by molar-refractivity contribution is 0.240. The molecule has 2 aliphatic rings. The Kier molecular flexibility index (Phi) is 3.41. The first-order valence-corrected chi connectivity index (χ1v) is 7.93. The fourth-order valence-corrected chi connectivity index (χ4v) is 3.51. The highest BCUT2D eigenvalue weighted by atomic mass is 16.5. The molecular weight excluding hydrogens is 304 g/mol. The quantitative estimate of drug-likeness (QED) is 0.795. The zero-order valence-electron chi connectivity index (χ0n) is 13.3. The largest absolute Gasteiger partial charge is 0.504 e. The van der Waals surface area contributed by atoms with Crippen molar-refractivity contribution in [2.24, 2.45) is 0 Å². The average molecular weight is 322 g/mol. The molecule has 0 saturated carbocycles. The van der Waals surface area contributed by atoms with Crippen LogP contribution in [0.1, 0.15) is 29.2 Å². The molecule has 0 aromatic heterocycles. The summed E-state index contributed by atoms with van der Waals surface area (Å²) in [7, 11) is 1.52. The Bertz CT molecular complexity index is 857. The number of rotatable bonds is 2. The van der Waals surface area contributed by atoms with Crippen LogP contribution in [0, 0.1) is 0 Å². The molecule has 24 heavy (non-hydrogen) atoms. The summed E-state index contributed by atoms with van der Waals surface area (Å²) >= 11 is 0. The number of urea groups is 1. The van der Waals surface area contributed by atoms with Crippen molar-refractivity contribution in [3.05, 3.63) is 64.7 Å². The molecule has 0 radical (unpaired) electrons. The minimum absolute atomic E-state index is 0.0877. The zero-order chi connectivity index (χ0) is 16.7. The second kappa shape index (κ2) is 5.60. The van der Waals surface area contributed by atoms with Crippen LogP contribution in [0.2, 0.25) is 0 Å². The minimum Gasteiger partial charge on any atom is -0.504 e. The summed E-state index contributed by atoms with van der Waals surface area (Å²) in [5, 5.41) is 15.8. The number of methoxy groups -OCH3 is 1. The van der Waals surface area contributed by atoms with E-state index in [9.17, 15) is 9.90 Å². The third-order valence-corrected chi connectivity index (χ3v) is 4.67. The van der Waals surface area contributed by atoms with E-state index < -0.39 is 0 Å². The smallest absolute Gasteiger partial charge is 0.319 e. The van der Waals surface area contributed by atoms with Gasteiger partial charge in [-0.05, 0) is 41.7 Å². The summed E-state index contributed by atoms with van der Waals surface area (Å²) in [5.74, 6) is 0.489. The van der Waals surface area contributed by atoms with Crippen LogP contribution in [0.4, 0.5) is 4.79 Å². The number of aryl methyl sites for hydroxylation is 1. The lowest BCUT2D eigenvalue weighted by atomic mass is 9.83. The SMILES string of the molecule is COc1cc(C2NC(=O)NC3=C2CCc2ccccc23)ccc1O. The second-order valence-electron chi connectivity index (χ2n) is 6.02. The van der Waals surface area contributed by atoms with E-state index in [4.69, 9.17) is 4.74 Å². The zero-order valence-corrected chi connectivity index (χ0v) is 13.3. The van der Waals surface area contributed by atoms with Crippen molar-refractivity contribution in [1.29, 1.82) is 0 Å². The van der Waals surface area contributed by atoms with Gasteiger partial charge in [-0.3, -0.25) is 0 Å². The number of benzene rings is 2. The maximum Gasteiger partial charge on any atom is 0.319 e. The predicted molar refractivity (Wildman–Crippen MR) is 90.8 cm³/mol. The average Bonchev–Trinajstić information content (AvgIpc) is 2.61. The number of phenolic OH excluding ortho intramolecular Hbond substituents is 1. The van der Waals surface area contributed by atoms with Crippen molar-refractivity contribution >= 4 is 11.7 Å². The van der Waals surface area contributed by atoms with Crippen molar-refractivity contribution in [1.82, 2.24) is 10.6 Å². The number of nitrogens with one attached hydrogen (secondary N) is 2. The Hall–Kier alpha value is -2.95. The van der Waals surface area contributed by atoms with Crippen LogP contribution in [-0.4, -0.2) is 18.2 Å². The minimum atomic E-state index is -0.225. The monoisotopic (exact) mass is 322 g/mol. The van der Waals surface area contributed by atoms with Gasteiger partial charge in [-0.25, -0.2) is 4.79 Å². The number of aromatic hydroxyl groups is 1. The molecule has 5 heteroatoms. The third-order valence-electron chi connectivity index (χ3n) is 4.67. The first kappa shape index (κ1) is 14.6. The van der Waals surface area contributed by atoms with E-state index in [0.29, 0.717) is 5.75 Å². The van der Waals surface area contributed by atoms with Crippen molar-refractivity contribution in [3.63, 3.8) is 0 Å². The number of amides is 2. The van der Waals surface area contributed by atoms with Crippen LogP contribution < -0.4 is 15.4 Å². The number of hydrogen-bond acceptors (Lipinski definition) is 3. The van der Waals surface area contributed by atoms with Crippen molar-refractivity contribution in [2.75, 3.05) is 7.11 Å². The van der Waals surface area contributed by atoms with Crippen LogP contribution in [0.25, 0.3) is 5.70 Å². The summed E-state index contributed by atoms with van der Waals surface area (Å²) < 4.78 is 5.20. The molecule has 0 bridgehead atoms. The fraction of sp³-hybridized carbons (Fsp3) is 0.211. The first-order chi connectivity index (χ1) is 11.7. The van der Waals surface area contributed by atoms with Crippen LogP contribution in [0.5, 0.6) is 11.5 Å². The van der Waals surface area contributed by atoms with Gasteiger partial charge in [0.25, 0.3) is 0 Å². The second-order valence-corrected chi connectivity index (χ2v) is 6.02. The van der Waals surface area contributed by atoms with E-state index in [1.165, 1.54) is 12.7 Å². The van der Waals surface area contributed by atoms with Crippen LogP contribution in [0.3, 0.4) is 0 Å². The molecule has 2 amide bonds. The Morgan fingerprint density at radius 2 is 2.00 bits per heavy atom. The first-order valence-electron chi connectivity index (χ1n) is 7.93. The summed E-state index contributed by atoms with van der Waals surface area (Å²) in [6.07, 6.45) is 1.81. The van der Waals surface area contributed by atoms with E-state index in [-0.39, 0.29) is 17.8 Å². The number of carbonyl (C=O) groups is 1. The van der Waals surface area contributed by atoms with E-state index in [0.717, 1.165) is 35.2 Å². The molecule has 1 aliphatic carbocycles. The molecule has 0 spiro atoms. The maximum absolute atomic E-state index is 12.2. The number of carbonyl (C=O) groups excluding carboxylic acids is 1. The Morgan fingerprint density at radius 3 is 2.83 bits per heavy atom. The van der Waals surface area contributed by atoms with Gasteiger partial charge in [-0.1, -0.05) is 30.3 Å². The van der Waals surface area contributed by atoms with Crippen molar-refractivity contribution in [2.45, 2.75) is 18.9 Å². The summed E-state index contributed by atoms with van der Waals surface area (Å²) in [5.41, 5.74) is 5.29. The number of phenols is 1. The number of ether oxygens (including phenoxy) is 1. The van der Waals surface area contributed by atoms with Gasteiger partial charge in [-0.15, -0.1) is 0 Å². The highest BCUT2D eigenvalue weighted by Gasteiger charge is 2.32. The van der Waals surface area contributed by atoms with Gasteiger partial charge in [0.15, 0.2) is 11.5 Å². The van der Waals surface area contributed by atoms with Gasteiger partial charge >= 0.3 is 6.03 Å². The normalized spacial score (nSPS) is 19.0. The molecule has 1 unspecified atom stereocenters. The molecule has 2 aromatic carbocycles. The van der Waals surface area contributed by atoms with Crippen molar-refractivity contribution < 1.29 is 14.6 Å². The lowest BCUT2D eigenvalue weighted by Crippen LogP contribution is -2.44. The highest BCUT2D eigenvalue weighted by Crippen LogP contribution is 2.40. The van der Waals surface area contributed by atoms with E-state index in [1.54, 1.807) is 12.1 Å². The van der Waals surface area contributed by atoms with Gasteiger partial charge in [-0.2, -0.15) is 0 Å². The molecule has 0 saturated heterocycles. The Balaban J connectivity index is 1.83. The number of hydrogen-bond donors (Lipinski definition) is 3. The van der Waals surface area contributed by atoms with E-state index in [2.05, 4.69) is 16.7 Å². The van der Waals surface area contributed by atoms with E-state index in [1.807, 2.05) is 24.3 Å². The van der Waals surface area contributed by atoms with Gasteiger partial charge in [0, 0.05) is 5.56 Å². The summed E-state index contributed by atoms with van der Waals surface area (Å²) in [6, 6.07) is 12.9. The molecule has 122 valence electrons. The molecule has 5 nitrogen and oxygen atoms in total. The van der Waals surface area contributed by atoms with Crippen LogP contribution in [-0.2, 0) is 6.42 Å². The topological polar surface area (TPSA) is 70.6 Å². The standard InChI is InChI=1S/C19H18N2O3/c1-24-16-10-12(7-9-15(16)22)17-14-8-6-11-4-2-3-5-13(11)18(14)21-19(23)20-17/h2-5,7,9-10,17,22H,6,8H2,1H3,(H2,20,21,23). The van der Waals surface area contributed by atoms with Gasteiger partial charge in [0.2, 0.25) is 0 Å². The Morgan fingerprint density at radius 1 is 1.17 bits per heavy atom. The summed E-state index contributed by atoms with van der Waals surface area (Å²) in [6.45, 7) is 0. The molecular formula is C19H18N2O3. The summed E-state index contributed by atoms with van der Waals surface area (Å²) in [4.78, 5) is 12.2. The van der Waals surface area contributed by atoms with E-state index >= 15 is 0 Å².